The molecular weight excluding hydrogens is 178 g/mol. The van der Waals surface area contributed by atoms with Crippen LogP contribution in [-0.2, 0) is 4.79 Å². The largest absolute Gasteiger partial charge is 0.481 e. The Balaban J connectivity index is 2.30. The van der Waals surface area contributed by atoms with E-state index in [1.807, 2.05) is 24.3 Å². The summed E-state index contributed by atoms with van der Waals surface area (Å²) in [5.74, 6) is 2.00. The fourth-order valence-electron chi connectivity index (χ4n) is 1.42. The highest BCUT2D eigenvalue weighted by molar-refractivity contribution is 5.76. The minimum absolute atomic E-state index is 0.0403. The van der Waals surface area contributed by atoms with Crippen LogP contribution in [0, 0.1) is 0 Å². The molecule has 1 N–H and O–H groups in total. The molecule has 0 saturated heterocycles. The normalized spacial score (nSPS) is 18.1. The number of rotatable bonds is 2. The number of aliphatic carboxylic acids is 1. The van der Waals surface area contributed by atoms with Crippen LogP contribution in [0.5, 0.6) is 0 Å². The number of aliphatic imine (C=N–C) groups is 1. The summed E-state index contributed by atoms with van der Waals surface area (Å²) >= 11 is 0. The summed E-state index contributed by atoms with van der Waals surface area (Å²) in [7, 11) is 0. The average Bonchev–Trinajstić information content (AvgIpc) is 2.17. The maximum Gasteiger partial charge on any atom is 0.309 e. The van der Waals surface area contributed by atoms with E-state index in [-0.39, 0.29) is 6.42 Å². The van der Waals surface area contributed by atoms with E-state index < -0.39 is 5.97 Å². The Bertz CT molecular complexity index is 432. The number of hydrogen-bond acceptors (Lipinski definition) is 2. The summed E-state index contributed by atoms with van der Waals surface area (Å²) < 4.78 is 0. The number of carboxylic acids is 1. The molecule has 14 heavy (non-hydrogen) atoms. The van der Waals surface area contributed by atoms with Crippen LogP contribution in [0.15, 0.2) is 46.1 Å². The van der Waals surface area contributed by atoms with Gasteiger partial charge in [0.1, 0.15) is 0 Å². The molecule has 0 amide bonds. The van der Waals surface area contributed by atoms with Crippen molar-refractivity contribution < 1.29 is 9.90 Å². The van der Waals surface area contributed by atoms with E-state index in [1.165, 1.54) is 0 Å². The van der Waals surface area contributed by atoms with E-state index in [2.05, 4.69) is 10.9 Å². The predicted octanol–water partition coefficient (Wildman–Crippen LogP) is 1.84. The molecule has 1 heterocycles. The number of nitrogens with zero attached hydrogens (tertiary/aromatic N) is 1. The Labute approximate surface area is 81.5 Å². The van der Waals surface area contributed by atoms with E-state index in [1.54, 1.807) is 0 Å². The van der Waals surface area contributed by atoms with Crippen molar-refractivity contribution >= 4 is 11.8 Å². The first kappa shape index (κ1) is 8.73. The van der Waals surface area contributed by atoms with Gasteiger partial charge in [-0.2, -0.15) is 0 Å². The molecule has 3 nitrogen and oxygen atoms in total. The van der Waals surface area contributed by atoms with Crippen LogP contribution in [0.1, 0.15) is 12.8 Å². The fourth-order valence-corrected chi connectivity index (χ4v) is 1.42. The van der Waals surface area contributed by atoms with Gasteiger partial charge >= 0.3 is 5.97 Å². The molecule has 0 atom stereocenters. The van der Waals surface area contributed by atoms with Crippen molar-refractivity contribution in [2.45, 2.75) is 12.8 Å². The van der Waals surface area contributed by atoms with Crippen LogP contribution < -0.4 is 0 Å². The van der Waals surface area contributed by atoms with E-state index in [4.69, 9.17) is 5.11 Å². The summed E-state index contributed by atoms with van der Waals surface area (Å²) in [6.07, 6.45) is 8.53. The minimum atomic E-state index is -0.864. The van der Waals surface area contributed by atoms with Crippen LogP contribution in [0.2, 0.25) is 0 Å². The van der Waals surface area contributed by atoms with Crippen LogP contribution in [-0.4, -0.2) is 16.9 Å². The standard InChI is InChI=1S/C11H9NO2/c13-11(14)6-10-5-8-3-1-2-4-9(8)7-12-10/h1-3,5H,4,6H2,(H,13,14). The topological polar surface area (TPSA) is 49.7 Å². The highest BCUT2D eigenvalue weighted by Crippen LogP contribution is 2.23. The third-order valence-corrected chi connectivity index (χ3v) is 2.07. The highest BCUT2D eigenvalue weighted by Gasteiger charge is 2.11. The second kappa shape index (κ2) is 3.48. The average molecular weight is 187 g/mol. The molecule has 3 heteroatoms. The maximum absolute atomic E-state index is 10.5. The van der Waals surface area contributed by atoms with Gasteiger partial charge in [0.25, 0.3) is 0 Å². The van der Waals surface area contributed by atoms with E-state index in [0.717, 1.165) is 17.6 Å². The lowest BCUT2D eigenvalue weighted by atomic mass is 9.97. The Morgan fingerprint density at radius 2 is 2.50 bits per heavy atom. The van der Waals surface area contributed by atoms with Crippen molar-refractivity contribution in [3.05, 3.63) is 41.1 Å². The van der Waals surface area contributed by atoms with E-state index >= 15 is 0 Å². The zero-order chi connectivity index (χ0) is 9.97. The second-order valence-corrected chi connectivity index (χ2v) is 3.16. The number of allylic oxidation sites excluding steroid dienone is 6. The quantitative estimate of drug-likeness (QED) is 0.717. The molecule has 0 aromatic rings. The summed E-state index contributed by atoms with van der Waals surface area (Å²) in [6.45, 7) is 0. The molecular formula is C11H9NO2. The van der Waals surface area contributed by atoms with E-state index in [9.17, 15) is 4.79 Å². The van der Waals surface area contributed by atoms with Crippen molar-refractivity contribution in [1.29, 1.82) is 0 Å². The second-order valence-electron chi connectivity index (χ2n) is 3.16. The van der Waals surface area contributed by atoms with Crippen molar-refractivity contribution in [2.75, 3.05) is 0 Å². The van der Waals surface area contributed by atoms with Crippen LogP contribution in [0.3, 0.4) is 0 Å². The van der Waals surface area contributed by atoms with Gasteiger partial charge < -0.3 is 5.11 Å². The van der Waals surface area contributed by atoms with Gasteiger partial charge in [0.15, 0.2) is 0 Å². The number of carboxylic acid groups (broad SMARTS) is 1. The molecule has 0 saturated carbocycles. The molecule has 0 aromatic heterocycles. The van der Waals surface area contributed by atoms with Crippen LogP contribution in [0.25, 0.3) is 0 Å². The first-order valence-corrected chi connectivity index (χ1v) is 4.38. The molecule has 0 spiro atoms. The number of hydrogen-bond donors (Lipinski definition) is 1. The Hall–Kier alpha value is -1.86. The van der Waals surface area contributed by atoms with Crippen LogP contribution in [0.4, 0.5) is 0 Å². The third-order valence-electron chi connectivity index (χ3n) is 2.07. The van der Waals surface area contributed by atoms with Gasteiger partial charge in [0.2, 0.25) is 0 Å². The first-order valence-electron chi connectivity index (χ1n) is 4.38. The third kappa shape index (κ3) is 1.73. The Kier molecular flexibility index (Phi) is 2.17. The van der Waals surface area contributed by atoms with Crippen molar-refractivity contribution in [2.24, 2.45) is 4.99 Å². The molecule has 2 rings (SSSR count). The van der Waals surface area contributed by atoms with Gasteiger partial charge in [-0.25, -0.2) is 4.99 Å². The molecule has 0 bridgehead atoms. The van der Waals surface area contributed by atoms with Gasteiger partial charge in [0.05, 0.1) is 12.1 Å². The summed E-state index contributed by atoms with van der Waals surface area (Å²) in [6, 6.07) is 0. The lowest BCUT2D eigenvalue weighted by Crippen LogP contribution is -2.01. The SMILES string of the molecule is O=C(O)CC1=CC2=CC=CCC2=C=N1. The lowest BCUT2D eigenvalue weighted by Gasteiger charge is -2.10. The maximum atomic E-state index is 10.5. The first-order chi connectivity index (χ1) is 6.75. The summed E-state index contributed by atoms with van der Waals surface area (Å²) in [5.41, 5.74) is 2.61. The lowest BCUT2D eigenvalue weighted by molar-refractivity contribution is -0.136. The molecule has 0 aromatic carbocycles. The van der Waals surface area contributed by atoms with Crippen molar-refractivity contribution in [3.63, 3.8) is 0 Å². The van der Waals surface area contributed by atoms with Crippen molar-refractivity contribution in [1.82, 2.24) is 0 Å². The van der Waals surface area contributed by atoms with E-state index in [0.29, 0.717) is 5.70 Å². The van der Waals surface area contributed by atoms with Crippen LogP contribution >= 0.6 is 0 Å². The molecule has 1 aliphatic heterocycles. The fraction of sp³-hybridized carbons (Fsp3) is 0.182. The minimum Gasteiger partial charge on any atom is -0.481 e. The molecule has 0 fully saturated rings. The Morgan fingerprint density at radius 1 is 1.64 bits per heavy atom. The highest BCUT2D eigenvalue weighted by atomic mass is 16.4. The molecule has 2 aliphatic rings. The molecule has 1 aliphatic carbocycles. The Morgan fingerprint density at radius 3 is 3.29 bits per heavy atom. The van der Waals surface area contributed by atoms with Gasteiger partial charge in [-0.05, 0) is 17.5 Å². The smallest absolute Gasteiger partial charge is 0.309 e. The molecule has 0 radical (unpaired) electrons. The van der Waals surface area contributed by atoms with Gasteiger partial charge in [-0.3, -0.25) is 4.79 Å². The van der Waals surface area contributed by atoms with Gasteiger partial charge in [-0.1, -0.05) is 18.2 Å². The predicted molar refractivity (Wildman–Crippen MR) is 53.1 cm³/mol. The van der Waals surface area contributed by atoms with Crippen molar-refractivity contribution in [3.8, 4) is 0 Å². The zero-order valence-corrected chi connectivity index (χ0v) is 7.53. The molecule has 0 unspecified atom stereocenters. The molecule has 70 valence electrons. The summed E-state index contributed by atoms with van der Waals surface area (Å²) in [5, 5.41) is 8.59. The number of fused-ring (bicyclic) bond motifs is 1. The van der Waals surface area contributed by atoms with Gasteiger partial charge in [-0.15, -0.1) is 0 Å². The number of carbonyl (C=O) groups is 1. The van der Waals surface area contributed by atoms with Gasteiger partial charge in [0, 0.05) is 12.0 Å². The monoisotopic (exact) mass is 187 g/mol. The summed E-state index contributed by atoms with van der Waals surface area (Å²) in [4.78, 5) is 14.4. The zero-order valence-electron chi connectivity index (χ0n) is 7.53.